The Bertz CT molecular complexity index is 536. The minimum absolute atomic E-state index is 0.0862. The standard InChI is InChI=1S/C21H32O2/c1-4-21(23)12-11-19(2)14(13-21)5-6-15-16-7-8-18(22)20(16,3)10-9-17(15)19/h1,14-18,22-23H,5-13H2,2-3H3/t14-,15+,16+,17+,18+,19-,20-,21+/m0/s1. The van der Waals surface area contributed by atoms with Crippen molar-refractivity contribution >= 4 is 0 Å². The Morgan fingerprint density at radius 1 is 0.913 bits per heavy atom. The molecule has 2 nitrogen and oxygen atoms in total. The molecule has 0 saturated heterocycles. The summed E-state index contributed by atoms with van der Waals surface area (Å²) in [6.07, 6.45) is 15.3. The molecule has 0 aromatic heterocycles. The van der Waals surface area contributed by atoms with Crippen molar-refractivity contribution in [3.8, 4) is 12.3 Å². The summed E-state index contributed by atoms with van der Waals surface area (Å²) in [5, 5.41) is 21.1. The van der Waals surface area contributed by atoms with Crippen molar-refractivity contribution < 1.29 is 10.2 Å². The van der Waals surface area contributed by atoms with Crippen LogP contribution in [0.5, 0.6) is 0 Å². The van der Waals surface area contributed by atoms with Gasteiger partial charge in [0.05, 0.1) is 6.10 Å². The van der Waals surface area contributed by atoms with Gasteiger partial charge in [-0.2, -0.15) is 0 Å². The van der Waals surface area contributed by atoms with Gasteiger partial charge in [0.2, 0.25) is 0 Å². The minimum atomic E-state index is -0.857. The largest absolute Gasteiger partial charge is 0.393 e. The number of fused-ring (bicyclic) bond motifs is 5. The summed E-state index contributed by atoms with van der Waals surface area (Å²) in [5.74, 6) is 5.51. The Labute approximate surface area is 141 Å². The van der Waals surface area contributed by atoms with Crippen molar-refractivity contribution in [3.63, 3.8) is 0 Å². The second-order valence-electron chi connectivity index (χ2n) is 9.67. The Morgan fingerprint density at radius 3 is 2.39 bits per heavy atom. The van der Waals surface area contributed by atoms with E-state index in [1.54, 1.807) is 0 Å². The highest BCUT2D eigenvalue weighted by Gasteiger charge is 2.60. The van der Waals surface area contributed by atoms with Crippen molar-refractivity contribution in [3.05, 3.63) is 0 Å². The normalized spacial score (nSPS) is 58.7. The molecule has 4 rings (SSSR count). The summed E-state index contributed by atoms with van der Waals surface area (Å²) in [5.41, 5.74) is -0.344. The molecule has 23 heavy (non-hydrogen) atoms. The van der Waals surface area contributed by atoms with E-state index in [2.05, 4.69) is 19.8 Å². The third-order valence-corrected chi connectivity index (χ3v) is 8.95. The summed E-state index contributed by atoms with van der Waals surface area (Å²) in [7, 11) is 0. The van der Waals surface area contributed by atoms with Gasteiger partial charge < -0.3 is 10.2 Å². The molecular weight excluding hydrogens is 284 g/mol. The van der Waals surface area contributed by atoms with Crippen molar-refractivity contribution in [2.75, 3.05) is 0 Å². The van der Waals surface area contributed by atoms with Crippen LogP contribution in [0.25, 0.3) is 0 Å². The van der Waals surface area contributed by atoms with Crippen LogP contribution in [0.15, 0.2) is 0 Å². The van der Waals surface area contributed by atoms with Gasteiger partial charge in [-0.15, -0.1) is 6.42 Å². The van der Waals surface area contributed by atoms with Crippen molar-refractivity contribution in [2.45, 2.75) is 83.3 Å². The third-order valence-electron chi connectivity index (χ3n) is 8.95. The van der Waals surface area contributed by atoms with Crippen LogP contribution in [0, 0.1) is 46.8 Å². The Hall–Kier alpha value is -0.520. The molecule has 0 aromatic carbocycles. The van der Waals surface area contributed by atoms with Crippen molar-refractivity contribution in [2.24, 2.45) is 34.5 Å². The van der Waals surface area contributed by atoms with E-state index >= 15 is 0 Å². The highest BCUT2D eigenvalue weighted by atomic mass is 16.3. The van der Waals surface area contributed by atoms with Gasteiger partial charge in [-0.1, -0.05) is 19.8 Å². The first kappa shape index (κ1) is 16.0. The lowest BCUT2D eigenvalue weighted by Gasteiger charge is -2.61. The maximum atomic E-state index is 10.6. The molecule has 0 aliphatic heterocycles. The van der Waals surface area contributed by atoms with Gasteiger partial charge in [0.25, 0.3) is 0 Å². The van der Waals surface area contributed by atoms with Crippen LogP contribution >= 0.6 is 0 Å². The smallest absolute Gasteiger partial charge is 0.125 e. The van der Waals surface area contributed by atoms with Gasteiger partial charge in [0.15, 0.2) is 0 Å². The Morgan fingerprint density at radius 2 is 1.65 bits per heavy atom. The second kappa shape index (κ2) is 4.99. The number of rotatable bonds is 0. The number of hydrogen-bond donors (Lipinski definition) is 2. The van der Waals surface area contributed by atoms with E-state index in [1.807, 2.05) is 0 Å². The molecule has 8 atom stereocenters. The quantitative estimate of drug-likeness (QED) is 0.668. The lowest BCUT2D eigenvalue weighted by atomic mass is 9.44. The first-order chi connectivity index (χ1) is 10.8. The number of aliphatic hydroxyl groups is 2. The Balaban J connectivity index is 1.61. The second-order valence-corrected chi connectivity index (χ2v) is 9.67. The van der Waals surface area contributed by atoms with E-state index in [0.29, 0.717) is 17.3 Å². The number of hydrogen-bond acceptors (Lipinski definition) is 2. The zero-order valence-electron chi connectivity index (χ0n) is 14.7. The molecule has 0 heterocycles. The molecule has 0 bridgehead atoms. The Kier molecular flexibility index (Phi) is 3.47. The van der Waals surface area contributed by atoms with Crippen molar-refractivity contribution in [1.29, 1.82) is 0 Å². The van der Waals surface area contributed by atoms with Gasteiger partial charge in [-0.3, -0.25) is 0 Å². The predicted octanol–water partition coefficient (Wildman–Crippen LogP) is 3.75. The van der Waals surface area contributed by atoms with Crippen LogP contribution in [0.1, 0.15) is 71.6 Å². The minimum Gasteiger partial charge on any atom is -0.393 e. The maximum Gasteiger partial charge on any atom is 0.125 e. The topological polar surface area (TPSA) is 40.5 Å². The van der Waals surface area contributed by atoms with Crippen LogP contribution in [0.3, 0.4) is 0 Å². The fourth-order valence-corrected chi connectivity index (χ4v) is 7.35. The summed E-state index contributed by atoms with van der Waals surface area (Å²) in [6, 6.07) is 0. The molecule has 4 saturated carbocycles. The monoisotopic (exact) mass is 316 g/mol. The van der Waals surface area contributed by atoms with Gasteiger partial charge >= 0.3 is 0 Å². The third kappa shape index (κ3) is 2.09. The van der Waals surface area contributed by atoms with E-state index in [9.17, 15) is 10.2 Å². The molecule has 4 fully saturated rings. The molecule has 0 radical (unpaired) electrons. The first-order valence-electron chi connectivity index (χ1n) is 9.71. The first-order valence-corrected chi connectivity index (χ1v) is 9.71. The zero-order chi connectivity index (χ0) is 16.5. The average Bonchev–Trinajstić information content (AvgIpc) is 2.84. The van der Waals surface area contributed by atoms with E-state index in [4.69, 9.17) is 6.42 Å². The molecule has 128 valence electrons. The van der Waals surface area contributed by atoms with E-state index in [1.165, 1.54) is 32.1 Å². The summed E-state index contributed by atoms with van der Waals surface area (Å²) >= 11 is 0. The average molecular weight is 316 g/mol. The molecule has 4 aliphatic carbocycles. The van der Waals surface area contributed by atoms with Gasteiger partial charge in [-0.05, 0) is 92.3 Å². The van der Waals surface area contributed by atoms with Crippen LogP contribution in [0.4, 0.5) is 0 Å². The summed E-state index contributed by atoms with van der Waals surface area (Å²) in [4.78, 5) is 0. The number of aliphatic hydroxyl groups excluding tert-OH is 1. The molecule has 0 aromatic rings. The molecule has 2 N–H and O–H groups in total. The molecule has 4 aliphatic rings. The zero-order valence-corrected chi connectivity index (χ0v) is 14.7. The molecule has 0 amide bonds. The molecular formula is C21H32O2. The van der Waals surface area contributed by atoms with E-state index < -0.39 is 5.60 Å². The van der Waals surface area contributed by atoms with Crippen LogP contribution in [-0.2, 0) is 0 Å². The highest BCUT2D eigenvalue weighted by Crippen LogP contribution is 2.66. The predicted molar refractivity (Wildman–Crippen MR) is 91.5 cm³/mol. The van der Waals surface area contributed by atoms with Gasteiger partial charge in [-0.25, -0.2) is 0 Å². The van der Waals surface area contributed by atoms with Crippen LogP contribution < -0.4 is 0 Å². The lowest BCUT2D eigenvalue weighted by Crippen LogP contribution is -2.56. The molecule has 2 heteroatoms. The van der Waals surface area contributed by atoms with Crippen LogP contribution in [0.2, 0.25) is 0 Å². The van der Waals surface area contributed by atoms with Gasteiger partial charge in [0.1, 0.15) is 5.60 Å². The fourth-order valence-electron chi connectivity index (χ4n) is 7.35. The van der Waals surface area contributed by atoms with Crippen LogP contribution in [-0.4, -0.2) is 21.9 Å². The molecule has 0 spiro atoms. The summed E-state index contributed by atoms with van der Waals surface area (Å²) in [6.45, 7) is 4.83. The summed E-state index contributed by atoms with van der Waals surface area (Å²) < 4.78 is 0. The van der Waals surface area contributed by atoms with E-state index in [-0.39, 0.29) is 11.5 Å². The molecule has 0 unspecified atom stereocenters. The highest BCUT2D eigenvalue weighted by molar-refractivity contribution is 5.16. The van der Waals surface area contributed by atoms with Crippen molar-refractivity contribution in [1.82, 2.24) is 0 Å². The van der Waals surface area contributed by atoms with Gasteiger partial charge in [0, 0.05) is 0 Å². The van der Waals surface area contributed by atoms with E-state index in [0.717, 1.165) is 37.5 Å². The lowest BCUT2D eigenvalue weighted by molar-refractivity contribution is -0.143. The fraction of sp³-hybridized carbons (Fsp3) is 0.905. The SMILES string of the molecule is C#C[C@@]1(O)CC[C@@]2(C)[C@@H](CC[C@H]3[C@H]2CC[C@]2(C)[C@H](O)CC[C@H]32)C1. The number of terminal acetylenes is 1. The maximum absolute atomic E-state index is 10.6.